The Labute approximate surface area is 143 Å². The van der Waals surface area contributed by atoms with Crippen LogP contribution in [0.1, 0.15) is 5.56 Å². The van der Waals surface area contributed by atoms with Crippen LogP contribution in [-0.2, 0) is 4.74 Å². The molecule has 120 valence electrons. The predicted molar refractivity (Wildman–Crippen MR) is 91.8 cm³/mol. The molecule has 0 atom stereocenters. The summed E-state index contributed by atoms with van der Waals surface area (Å²) in [5, 5.41) is 7.46. The number of nitrogens with one attached hydrogen (secondary N) is 3. The molecule has 0 saturated carbocycles. The monoisotopic (exact) mass is 389 g/mol. The van der Waals surface area contributed by atoms with Gasteiger partial charge in [0.25, 0.3) is 0 Å². The molecule has 8 heteroatoms. The van der Waals surface area contributed by atoms with Crippen molar-refractivity contribution in [2.45, 2.75) is 0 Å². The number of thiocarbonyl (C=S) groups is 1. The zero-order chi connectivity index (χ0) is 15.8. The van der Waals surface area contributed by atoms with Crippen molar-refractivity contribution in [3.05, 3.63) is 34.1 Å². The standard InChI is InChI=1S/C14H18BrFN4OS/c15-12-1-2-13(16)11(9-12)10-18-19-14(22)17-3-4-20-5-7-21-8-6-20/h1-2,9-10H,3-8H2,(H2,17,19,22)/p+1/b18-10-. The molecule has 1 aromatic rings. The van der Waals surface area contributed by atoms with Gasteiger partial charge in [0.1, 0.15) is 18.9 Å². The number of quaternary nitrogens is 1. The molecule has 0 amide bonds. The van der Waals surface area contributed by atoms with Crippen LogP contribution in [0.3, 0.4) is 0 Å². The van der Waals surface area contributed by atoms with Crippen molar-refractivity contribution in [1.29, 1.82) is 0 Å². The second-order valence-corrected chi connectivity index (χ2v) is 6.23. The molecule has 1 saturated heterocycles. The summed E-state index contributed by atoms with van der Waals surface area (Å²) in [6.07, 6.45) is 1.40. The van der Waals surface area contributed by atoms with Crippen LogP contribution in [0.25, 0.3) is 0 Å². The Morgan fingerprint density at radius 3 is 3.00 bits per heavy atom. The van der Waals surface area contributed by atoms with Crippen LogP contribution in [0.5, 0.6) is 0 Å². The van der Waals surface area contributed by atoms with E-state index in [1.165, 1.54) is 17.2 Å². The fourth-order valence-electron chi connectivity index (χ4n) is 2.08. The van der Waals surface area contributed by atoms with E-state index in [0.717, 1.165) is 43.9 Å². The Bertz CT molecular complexity index is 538. The number of hydrogen-bond acceptors (Lipinski definition) is 3. The highest BCUT2D eigenvalue weighted by molar-refractivity contribution is 9.10. The van der Waals surface area contributed by atoms with Gasteiger partial charge < -0.3 is 15.0 Å². The third kappa shape index (κ3) is 5.96. The SMILES string of the molecule is Fc1ccc(Br)cc1/C=N\NC(=S)NCC[NH+]1CCOCC1. The van der Waals surface area contributed by atoms with Crippen molar-refractivity contribution >= 4 is 39.5 Å². The number of rotatable bonds is 5. The summed E-state index contributed by atoms with van der Waals surface area (Å²) >= 11 is 8.41. The zero-order valence-corrected chi connectivity index (χ0v) is 14.5. The van der Waals surface area contributed by atoms with Crippen LogP contribution in [0.4, 0.5) is 4.39 Å². The average molecular weight is 390 g/mol. The highest BCUT2D eigenvalue weighted by Crippen LogP contribution is 2.13. The molecule has 1 aliphatic rings. The summed E-state index contributed by atoms with van der Waals surface area (Å²) < 4.78 is 19.6. The summed E-state index contributed by atoms with van der Waals surface area (Å²) in [7, 11) is 0. The van der Waals surface area contributed by atoms with Crippen molar-refractivity contribution in [3.8, 4) is 0 Å². The Morgan fingerprint density at radius 2 is 2.23 bits per heavy atom. The quantitative estimate of drug-likeness (QED) is 0.385. The lowest BCUT2D eigenvalue weighted by Gasteiger charge is -2.23. The molecule has 1 heterocycles. The molecule has 2 rings (SSSR count). The topological polar surface area (TPSA) is 50.1 Å². The van der Waals surface area contributed by atoms with Crippen LogP contribution >= 0.6 is 28.1 Å². The number of ether oxygens (including phenoxy) is 1. The average Bonchev–Trinajstić information content (AvgIpc) is 2.52. The summed E-state index contributed by atoms with van der Waals surface area (Å²) in [4.78, 5) is 1.50. The zero-order valence-electron chi connectivity index (χ0n) is 12.1. The number of hydrogen-bond donors (Lipinski definition) is 3. The molecule has 1 aliphatic heterocycles. The predicted octanol–water partition coefficient (Wildman–Crippen LogP) is 0.301. The van der Waals surface area contributed by atoms with Crippen LogP contribution in [0.2, 0.25) is 0 Å². The number of halogens is 2. The highest BCUT2D eigenvalue weighted by Gasteiger charge is 2.12. The molecule has 1 fully saturated rings. The first kappa shape index (κ1) is 17.3. The molecular weight excluding hydrogens is 371 g/mol. The highest BCUT2D eigenvalue weighted by atomic mass is 79.9. The molecule has 3 N–H and O–H groups in total. The Kier molecular flexibility index (Phi) is 7.17. The van der Waals surface area contributed by atoms with Crippen LogP contribution in [-0.4, -0.2) is 50.7 Å². The maximum Gasteiger partial charge on any atom is 0.187 e. The van der Waals surface area contributed by atoms with Crippen molar-refractivity contribution < 1.29 is 14.0 Å². The third-order valence-corrected chi connectivity index (χ3v) is 4.02. The van der Waals surface area contributed by atoms with E-state index in [9.17, 15) is 4.39 Å². The van der Waals surface area contributed by atoms with E-state index >= 15 is 0 Å². The minimum Gasteiger partial charge on any atom is -0.370 e. The summed E-state index contributed by atoms with van der Waals surface area (Å²) in [6.45, 7) is 5.45. The minimum absolute atomic E-state index is 0.330. The number of morpholine rings is 1. The molecule has 0 radical (unpaired) electrons. The van der Waals surface area contributed by atoms with E-state index in [1.807, 2.05) is 0 Å². The van der Waals surface area contributed by atoms with Crippen LogP contribution < -0.4 is 15.6 Å². The van der Waals surface area contributed by atoms with E-state index in [1.54, 1.807) is 12.1 Å². The van der Waals surface area contributed by atoms with Crippen molar-refractivity contribution in [3.63, 3.8) is 0 Å². The number of benzene rings is 1. The molecule has 0 aliphatic carbocycles. The smallest absolute Gasteiger partial charge is 0.187 e. The Balaban J connectivity index is 1.68. The molecule has 0 unspecified atom stereocenters. The molecule has 1 aromatic carbocycles. The van der Waals surface area contributed by atoms with Gasteiger partial charge in [-0.2, -0.15) is 5.10 Å². The molecular formula is C14H19BrFN4OS+. The van der Waals surface area contributed by atoms with Gasteiger partial charge in [-0.25, -0.2) is 4.39 Å². The van der Waals surface area contributed by atoms with Gasteiger partial charge in [0.2, 0.25) is 0 Å². The van der Waals surface area contributed by atoms with E-state index in [2.05, 4.69) is 31.8 Å². The van der Waals surface area contributed by atoms with Gasteiger partial charge in [-0.1, -0.05) is 15.9 Å². The first-order valence-electron chi connectivity index (χ1n) is 7.08. The first-order valence-corrected chi connectivity index (χ1v) is 8.28. The maximum atomic E-state index is 13.5. The molecule has 0 bridgehead atoms. The van der Waals surface area contributed by atoms with Crippen molar-refractivity contribution in [1.82, 2.24) is 10.7 Å². The second-order valence-electron chi connectivity index (χ2n) is 4.90. The Morgan fingerprint density at radius 1 is 1.45 bits per heavy atom. The van der Waals surface area contributed by atoms with Gasteiger partial charge in [0.05, 0.1) is 32.5 Å². The Hall–Kier alpha value is -1.09. The number of hydrazone groups is 1. The van der Waals surface area contributed by atoms with Gasteiger partial charge in [0.15, 0.2) is 5.11 Å². The van der Waals surface area contributed by atoms with Crippen LogP contribution in [0.15, 0.2) is 27.8 Å². The van der Waals surface area contributed by atoms with Gasteiger partial charge in [0, 0.05) is 10.0 Å². The molecule has 22 heavy (non-hydrogen) atoms. The maximum absolute atomic E-state index is 13.5. The molecule has 0 spiro atoms. The largest absolute Gasteiger partial charge is 0.370 e. The van der Waals surface area contributed by atoms with E-state index in [4.69, 9.17) is 17.0 Å². The summed E-state index contributed by atoms with van der Waals surface area (Å²) in [5.41, 5.74) is 3.08. The van der Waals surface area contributed by atoms with Crippen molar-refractivity contribution in [2.24, 2.45) is 5.10 Å². The normalized spacial score (nSPS) is 15.9. The second kappa shape index (κ2) is 9.14. The fraction of sp³-hybridized carbons (Fsp3) is 0.429. The molecule has 5 nitrogen and oxygen atoms in total. The summed E-state index contributed by atoms with van der Waals surface area (Å²) in [5.74, 6) is -0.330. The van der Waals surface area contributed by atoms with Gasteiger partial charge >= 0.3 is 0 Å². The lowest BCUT2D eigenvalue weighted by atomic mass is 10.2. The van der Waals surface area contributed by atoms with Gasteiger partial charge in [-0.3, -0.25) is 5.43 Å². The van der Waals surface area contributed by atoms with E-state index in [-0.39, 0.29) is 5.82 Å². The van der Waals surface area contributed by atoms with E-state index in [0.29, 0.717) is 10.7 Å². The number of nitrogens with zero attached hydrogens (tertiary/aromatic N) is 1. The van der Waals surface area contributed by atoms with Gasteiger partial charge in [-0.15, -0.1) is 0 Å². The van der Waals surface area contributed by atoms with Gasteiger partial charge in [-0.05, 0) is 30.4 Å². The third-order valence-electron chi connectivity index (χ3n) is 3.29. The fourth-order valence-corrected chi connectivity index (χ4v) is 2.61. The molecule has 0 aromatic heterocycles. The minimum atomic E-state index is -0.330. The summed E-state index contributed by atoms with van der Waals surface area (Å²) in [6, 6.07) is 4.67. The van der Waals surface area contributed by atoms with E-state index < -0.39 is 0 Å². The van der Waals surface area contributed by atoms with Crippen LogP contribution in [0, 0.1) is 5.82 Å². The lowest BCUT2D eigenvalue weighted by Crippen LogP contribution is -3.14. The van der Waals surface area contributed by atoms with Crippen molar-refractivity contribution in [2.75, 3.05) is 39.4 Å². The first-order chi connectivity index (χ1) is 10.6. The lowest BCUT2D eigenvalue weighted by molar-refractivity contribution is -0.906.